The SMILES string of the molecule is C=Cc1ccccc1-c1c(C)oc2c(-c3cc(-c4ccccc4)cc(-c4cc5ccccc5c5c4oc4ccc6ccccc6c45)c3)cc3ccccc3c12. The van der Waals surface area contributed by atoms with Gasteiger partial charge in [0.05, 0.1) is 0 Å². The molecule has 2 heterocycles. The smallest absolute Gasteiger partial charge is 0.143 e. The van der Waals surface area contributed by atoms with E-state index in [0.717, 1.165) is 99.5 Å². The van der Waals surface area contributed by atoms with Gasteiger partial charge in [0.2, 0.25) is 0 Å². The molecule has 11 rings (SSSR count). The third-order valence-electron chi connectivity index (χ3n) is 11.3. The van der Waals surface area contributed by atoms with Gasteiger partial charge in [-0.25, -0.2) is 0 Å². The second kappa shape index (κ2) is 12.2. The maximum absolute atomic E-state index is 6.94. The summed E-state index contributed by atoms with van der Waals surface area (Å²) in [7, 11) is 0. The van der Waals surface area contributed by atoms with Gasteiger partial charge in [0.25, 0.3) is 0 Å². The zero-order chi connectivity index (χ0) is 36.6. The molecule has 0 bridgehead atoms. The normalized spacial score (nSPS) is 11.8. The molecule has 0 aliphatic rings. The number of fused-ring (bicyclic) bond motifs is 10. The largest absolute Gasteiger partial charge is 0.460 e. The van der Waals surface area contributed by atoms with Crippen LogP contribution in [0.3, 0.4) is 0 Å². The second-order valence-electron chi connectivity index (χ2n) is 14.5. The van der Waals surface area contributed by atoms with Crippen molar-refractivity contribution in [1.82, 2.24) is 0 Å². The van der Waals surface area contributed by atoms with Crippen LogP contribution in [0.2, 0.25) is 0 Å². The highest BCUT2D eigenvalue weighted by Gasteiger charge is 2.23. The standard InChI is InChI=1S/C53H34O2/c1-3-33-15-7-11-21-41(33)48-32(2)54-52-45(30-36-19-9-13-23-43(36)50(48)52)39-27-38(34-16-5-4-6-17-34)28-40(29-39)46-31-37-20-10-14-24-44(37)51-49-42-22-12-8-18-35(42)25-26-47(49)55-53(46)51/h3-31H,1H2,2H3. The van der Waals surface area contributed by atoms with Crippen molar-refractivity contribution in [3.63, 3.8) is 0 Å². The van der Waals surface area contributed by atoms with Crippen LogP contribution in [-0.2, 0) is 0 Å². The van der Waals surface area contributed by atoms with Crippen LogP contribution in [0.25, 0.3) is 116 Å². The van der Waals surface area contributed by atoms with Crippen LogP contribution in [-0.4, -0.2) is 0 Å². The van der Waals surface area contributed by atoms with Crippen LogP contribution in [0.4, 0.5) is 0 Å². The molecule has 0 saturated carbocycles. The lowest BCUT2D eigenvalue weighted by atomic mass is 9.88. The predicted octanol–water partition coefficient (Wildman–Crippen LogP) is 15.4. The van der Waals surface area contributed by atoms with Crippen LogP contribution in [0.1, 0.15) is 11.3 Å². The molecule has 11 aromatic rings. The molecule has 2 nitrogen and oxygen atoms in total. The Morgan fingerprint density at radius 2 is 0.964 bits per heavy atom. The van der Waals surface area contributed by atoms with Crippen LogP contribution < -0.4 is 0 Å². The van der Waals surface area contributed by atoms with Crippen molar-refractivity contribution in [2.45, 2.75) is 6.92 Å². The van der Waals surface area contributed by atoms with E-state index in [1.807, 2.05) is 6.08 Å². The third kappa shape index (κ3) is 4.82. The summed E-state index contributed by atoms with van der Waals surface area (Å²) >= 11 is 0. The van der Waals surface area contributed by atoms with Crippen molar-refractivity contribution in [2.24, 2.45) is 0 Å². The second-order valence-corrected chi connectivity index (χ2v) is 14.5. The molecule has 258 valence electrons. The topological polar surface area (TPSA) is 26.3 Å². The van der Waals surface area contributed by atoms with E-state index in [9.17, 15) is 0 Å². The predicted molar refractivity (Wildman–Crippen MR) is 233 cm³/mol. The summed E-state index contributed by atoms with van der Waals surface area (Å²) < 4.78 is 13.8. The van der Waals surface area contributed by atoms with E-state index in [1.165, 1.54) is 21.5 Å². The first kappa shape index (κ1) is 31.4. The maximum Gasteiger partial charge on any atom is 0.143 e. The molecule has 0 aliphatic carbocycles. The zero-order valence-electron chi connectivity index (χ0n) is 30.3. The Labute approximate surface area is 318 Å². The fourth-order valence-corrected chi connectivity index (χ4v) is 8.84. The Hall–Kier alpha value is -7.16. The average Bonchev–Trinajstić information content (AvgIpc) is 3.82. The fourth-order valence-electron chi connectivity index (χ4n) is 8.84. The van der Waals surface area contributed by atoms with E-state index in [-0.39, 0.29) is 0 Å². The van der Waals surface area contributed by atoms with Gasteiger partial charge in [0.1, 0.15) is 22.5 Å². The maximum atomic E-state index is 6.94. The van der Waals surface area contributed by atoms with Gasteiger partial charge in [-0.05, 0) is 109 Å². The molecule has 0 N–H and O–H groups in total. The summed E-state index contributed by atoms with van der Waals surface area (Å²) in [4.78, 5) is 0. The minimum absolute atomic E-state index is 0.875. The monoisotopic (exact) mass is 702 g/mol. The Morgan fingerprint density at radius 1 is 0.418 bits per heavy atom. The summed E-state index contributed by atoms with van der Waals surface area (Å²) in [5.41, 5.74) is 12.5. The van der Waals surface area contributed by atoms with Crippen LogP contribution in [0.5, 0.6) is 0 Å². The molecule has 0 aliphatic heterocycles. The van der Waals surface area contributed by atoms with Crippen molar-refractivity contribution in [3.8, 4) is 44.5 Å². The van der Waals surface area contributed by atoms with Gasteiger partial charge in [0, 0.05) is 32.8 Å². The van der Waals surface area contributed by atoms with Crippen molar-refractivity contribution in [2.75, 3.05) is 0 Å². The molecule has 0 spiro atoms. The van der Waals surface area contributed by atoms with E-state index in [4.69, 9.17) is 8.83 Å². The lowest BCUT2D eigenvalue weighted by molar-refractivity contribution is 0.581. The molecule has 0 saturated heterocycles. The molecule has 0 fully saturated rings. The molecular formula is C53H34O2. The molecule has 0 amide bonds. The van der Waals surface area contributed by atoms with Gasteiger partial charge in [-0.15, -0.1) is 0 Å². The van der Waals surface area contributed by atoms with E-state index in [1.54, 1.807) is 0 Å². The first-order valence-electron chi connectivity index (χ1n) is 18.8. The number of benzene rings is 9. The van der Waals surface area contributed by atoms with Crippen molar-refractivity contribution in [1.29, 1.82) is 0 Å². The highest BCUT2D eigenvalue weighted by Crippen LogP contribution is 2.48. The lowest BCUT2D eigenvalue weighted by Crippen LogP contribution is -1.89. The molecule has 2 aromatic heterocycles. The Kier molecular flexibility index (Phi) is 6.96. The first-order valence-corrected chi connectivity index (χ1v) is 18.8. The summed E-state index contributed by atoms with van der Waals surface area (Å²) in [6.07, 6.45) is 1.93. The van der Waals surface area contributed by atoms with Gasteiger partial charge in [-0.3, -0.25) is 0 Å². The minimum atomic E-state index is 0.875. The van der Waals surface area contributed by atoms with E-state index < -0.39 is 0 Å². The van der Waals surface area contributed by atoms with Gasteiger partial charge < -0.3 is 8.83 Å². The van der Waals surface area contributed by atoms with Gasteiger partial charge in [0.15, 0.2) is 0 Å². The Bertz CT molecular complexity index is 3340. The first-order chi connectivity index (χ1) is 27.1. The third-order valence-corrected chi connectivity index (χ3v) is 11.3. The van der Waals surface area contributed by atoms with Crippen LogP contribution in [0, 0.1) is 6.92 Å². The zero-order valence-corrected chi connectivity index (χ0v) is 30.3. The molecule has 9 aromatic carbocycles. The van der Waals surface area contributed by atoms with E-state index in [2.05, 4.69) is 183 Å². The fraction of sp³-hybridized carbons (Fsp3) is 0.0189. The molecule has 2 heteroatoms. The summed E-state index contributed by atoms with van der Waals surface area (Å²) in [5, 5.41) is 10.5. The van der Waals surface area contributed by atoms with Crippen molar-refractivity contribution >= 4 is 71.3 Å². The van der Waals surface area contributed by atoms with Crippen molar-refractivity contribution in [3.05, 3.63) is 188 Å². The average molecular weight is 703 g/mol. The van der Waals surface area contributed by atoms with Crippen LogP contribution in [0.15, 0.2) is 185 Å². The van der Waals surface area contributed by atoms with Crippen LogP contribution >= 0.6 is 0 Å². The van der Waals surface area contributed by atoms with E-state index >= 15 is 0 Å². The highest BCUT2D eigenvalue weighted by molar-refractivity contribution is 6.29. The minimum Gasteiger partial charge on any atom is -0.460 e. The van der Waals surface area contributed by atoms with Gasteiger partial charge >= 0.3 is 0 Å². The number of hydrogen-bond donors (Lipinski definition) is 0. The molecule has 0 atom stereocenters. The molecule has 0 unspecified atom stereocenters. The highest BCUT2D eigenvalue weighted by atomic mass is 16.3. The summed E-state index contributed by atoms with van der Waals surface area (Å²) in [5.74, 6) is 0.882. The lowest BCUT2D eigenvalue weighted by Gasteiger charge is -2.14. The molecule has 55 heavy (non-hydrogen) atoms. The van der Waals surface area contributed by atoms with Crippen molar-refractivity contribution < 1.29 is 8.83 Å². The summed E-state index contributed by atoms with van der Waals surface area (Å²) in [6.45, 7) is 6.23. The van der Waals surface area contributed by atoms with E-state index in [0.29, 0.717) is 0 Å². The number of aryl methyl sites for hydroxylation is 1. The number of furan rings is 2. The number of rotatable bonds is 5. The van der Waals surface area contributed by atoms with Gasteiger partial charge in [-0.2, -0.15) is 0 Å². The quantitative estimate of drug-likeness (QED) is 0.178. The molecular weight excluding hydrogens is 669 g/mol. The number of hydrogen-bond acceptors (Lipinski definition) is 2. The molecule has 0 radical (unpaired) electrons. The Morgan fingerprint density at radius 3 is 1.65 bits per heavy atom. The summed E-state index contributed by atoms with van der Waals surface area (Å²) in [6, 6.07) is 60.8. The Balaban J connectivity index is 1.25. The van der Waals surface area contributed by atoms with Gasteiger partial charge in [-0.1, -0.05) is 146 Å².